The van der Waals surface area contributed by atoms with Gasteiger partial charge in [0.1, 0.15) is 5.75 Å². The molecule has 2 rings (SSSR count). The molecular formula is C17H18ClNO2. The zero-order valence-electron chi connectivity index (χ0n) is 11.9. The molecule has 1 amide bonds. The molecule has 0 unspecified atom stereocenters. The summed E-state index contributed by atoms with van der Waals surface area (Å²) >= 11 is 5.90. The molecule has 2 aromatic rings. The Bertz CT molecular complexity index is 596. The number of carbonyl (C=O) groups excluding carboxylic acids is 1. The molecule has 0 radical (unpaired) electrons. The summed E-state index contributed by atoms with van der Waals surface area (Å²) in [5.74, 6) is 0.842. The van der Waals surface area contributed by atoms with Crippen LogP contribution in [0.5, 0.6) is 5.75 Å². The number of hydrogen-bond acceptors (Lipinski definition) is 2. The average Bonchev–Trinajstić information content (AvgIpc) is 2.48. The van der Waals surface area contributed by atoms with Crippen molar-refractivity contribution < 1.29 is 9.53 Å². The van der Waals surface area contributed by atoms with Gasteiger partial charge in [-0.05, 0) is 41.8 Å². The van der Waals surface area contributed by atoms with E-state index in [4.69, 9.17) is 16.3 Å². The van der Waals surface area contributed by atoms with E-state index in [9.17, 15) is 4.79 Å². The Morgan fingerprint density at radius 2 is 1.90 bits per heavy atom. The molecule has 0 bridgehead atoms. The van der Waals surface area contributed by atoms with E-state index in [1.165, 1.54) is 5.56 Å². The highest BCUT2D eigenvalue weighted by molar-refractivity contribution is 6.30. The summed E-state index contributed by atoms with van der Waals surface area (Å²) in [7, 11) is 1.64. The van der Waals surface area contributed by atoms with Gasteiger partial charge in [0.15, 0.2) is 0 Å². The van der Waals surface area contributed by atoms with E-state index in [0.29, 0.717) is 18.0 Å². The first-order valence-corrected chi connectivity index (χ1v) is 7.19. The largest absolute Gasteiger partial charge is 0.497 e. The molecule has 21 heavy (non-hydrogen) atoms. The van der Waals surface area contributed by atoms with Gasteiger partial charge in [-0.1, -0.05) is 35.9 Å². The van der Waals surface area contributed by atoms with E-state index >= 15 is 0 Å². The van der Waals surface area contributed by atoms with Crippen LogP contribution in [-0.4, -0.2) is 19.6 Å². The molecule has 0 aromatic heterocycles. The lowest BCUT2D eigenvalue weighted by molar-refractivity contribution is -0.120. The third kappa shape index (κ3) is 5.12. The molecule has 2 aromatic carbocycles. The van der Waals surface area contributed by atoms with Gasteiger partial charge in [0.25, 0.3) is 0 Å². The van der Waals surface area contributed by atoms with Crippen molar-refractivity contribution in [2.75, 3.05) is 13.7 Å². The van der Waals surface area contributed by atoms with Gasteiger partial charge in [-0.15, -0.1) is 0 Å². The fourth-order valence-electron chi connectivity index (χ4n) is 2.03. The van der Waals surface area contributed by atoms with E-state index < -0.39 is 0 Å². The first-order valence-electron chi connectivity index (χ1n) is 6.81. The van der Waals surface area contributed by atoms with E-state index in [1.54, 1.807) is 13.2 Å². The lowest BCUT2D eigenvalue weighted by Crippen LogP contribution is -2.27. The average molecular weight is 304 g/mol. The van der Waals surface area contributed by atoms with Crippen LogP contribution in [0.2, 0.25) is 5.02 Å². The third-order valence-corrected chi connectivity index (χ3v) is 3.38. The molecule has 0 aliphatic carbocycles. The molecule has 0 aliphatic rings. The summed E-state index contributed by atoms with van der Waals surface area (Å²) in [6.45, 7) is 0.617. The SMILES string of the molecule is COc1ccc(CCNC(=O)Cc2cccc(Cl)c2)cc1. The summed E-state index contributed by atoms with van der Waals surface area (Å²) in [6, 6.07) is 15.2. The van der Waals surface area contributed by atoms with Gasteiger partial charge in [0.2, 0.25) is 5.91 Å². The second kappa shape index (κ2) is 7.70. The van der Waals surface area contributed by atoms with Crippen LogP contribution in [0.3, 0.4) is 0 Å². The minimum absolute atomic E-state index is 0.00535. The predicted octanol–water partition coefficient (Wildman–Crippen LogP) is 3.25. The second-order valence-corrected chi connectivity index (χ2v) is 5.19. The first kappa shape index (κ1) is 15.4. The van der Waals surface area contributed by atoms with Gasteiger partial charge in [0, 0.05) is 11.6 Å². The first-order chi connectivity index (χ1) is 10.2. The minimum Gasteiger partial charge on any atom is -0.497 e. The summed E-state index contributed by atoms with van der Waals surface area (Å²) in [4.78, 5) is 11.8. The van der Waals surface area contributed by atoms with Gasteiger partial charge >= 0.3 is 0 Å². The van der Waals surface area contributed by atoms with Crippen molar-refractivity contribution in [2.24, 2.45) is 0 Å². The summed E-state index contributed by atoms with van der Waals surface area (Å²) in [5, 5.41) is 3.57. The van der Waals surface area contributed by atoms with E-state index in [2.05, 4.69) is 5.32 Å². The lowest BCUT2D eigenvalue weighted by Gasteiger charge is -2.06. The standard InChI is InChI=1S/C17H18ClNO2/c1-21-16-7-5-13(6-8-16)9-10-19-17(20)12-14-3-2-4-15(18)11-14/h2-8,11H,9-10,12H2,1H3,(H,19,20). The van der Waals surface area contributed by atoms with Crippen molar-refractivity contribution in [1.82, 2.24) is 5.32 Å². The van der Waals surface area contributed by atoms with Crippen molar-refractivity contribution in [2.45, 2.75) is 12.8 Å². The number of ether oxygens (including phenoxy) is 1. The Kier molecular flexibility index (Phi) is 5.64. The lowest BCUT2D eigenvalue weighted by atomic mass is 10.1. The van der Waals surface area contributed by atoms with Crippen molar-refractivity contribution in [3.63, 3.8) is 0 Å². The Balaban J connectivity index is 1.76. The molecule has 0 fully saturated rings. The maximum Gasteiger partial charge on any atom is 0.224 e. The third-order valence-electron chi connectivity index (χ3n) is 3.15. The normalized spacial score (nSPS) is 10.2. The molecule has 3 nitrogen and oxygen atoms in total. The number of halogens is 1. The molecule has 0 aliphatic heterocycles. The number of benzene rings is 2. The molecule has 110 valence electrons. The smallest absolute Gasteiger partial charge is 0.224 e. The van der Waals surface area contributed by atoms with Crippen LogP contribution in [0.25, 0.3) is 0 Å². The van der Waals surface area contributed by atoms with E-state index in [1.807, 2.05) is 42.5 Å². The number of nitrogens with one attached hydrogen (secondary N) is 1. The zero-order valence-corrected chi connectivity index (χ0v) is 12.7. The molecule has 4 heteroatoms. The maximum absolute atomic E-state index is 11.8. The van der Waals surface area contributed by atoms with Gasteiger partial charge in [-0.2, -0.15) is 0 Å². The Labute approximate surface area is 129 Å². The van der Waals surface area contributed by atoms with Crippen LogP contribution in [0.1, 0.15) is 11.1 Å². The topological polar surface area (TPSA) is 38.3 Å². The Morgan fingerprint density at radius 1 is 1.14 bits per heavy atom. The van der Waals surface area contributed by atoms with Crippen molar-refractivity contribution in [3.05, 3.63) is 64.7 Å². The van der Waals surface area contributed by atoms with Gasteiger partial charge < -0.3 is 10.1 Å². The molecule has 0 spiro atoms. The van der Waals surface area contributed by atoms with Crippen LogP contribution in [0.4, 0.5) is 0 Å². The van der Waals surface area contributed by atoms with Crippen LogP contribution in [-0.2, 0) is 17.6 Å². The molecule has 0 saturated carbocycles. The fourth-order valence-corrected chi connectivity index (χ4v) is 2.25. The van der Waals surface area contributed by atoms with Crippen molar-refractivity contribution >= 4 is 17.5 Å². The summed E-state index contributed by atoms with van der Waals surface area (Å²) in [6.07, 6.45) is 1.15. The highest BCUT2D eigenvalue weighted by Gasteiger charge is 2.03. The number of rotatable bonds is 6. The van der Waals surface area contributed by atoms with Crippen LogP contribution < -0.4 is 10.1 Å². The van der Waals surface area contributed by atoms with Crippen molar-refractivity contribution in [1.29, 1.82) is 0 Å². The quantitative estimate of drug-likeness (QED) is 0.889. The van der Waals surface area contributed by atoms with Crippen LogP contribution in [0, 0.1) is 0 Å². The fraction of sp³-hybridized carbons (Fsp3) is 0.235. The highest BCUT2D eigenvalue weighted by Crippen LogP contribution is 2.12. The van der Waals surface area contributed by atoms with Crippen molar-refractivity contribution in [3.8, 4) is 5.75 Å². The highest BCUT2D eigenvalue weighted by atomic mass is 35.5. The Hall–Kier alpha value is -2.00. The molecule has 0 saturated heterocycles. The molecule has 1 N–H and O–H groups in total. The number of amides is 1. The second-order valence-electron chi connectivity index (χ2n) is 4.75. The van der Waals surface area contributed by atoms with Gasteiger partial charge in [-0.25, -0.2) is 0 Å². The monoisotopic (exact) mass is 303 g/mol. The van der Waals surface area contributed by atoms with E-state index in [0.717, 1.165) is 17.7 Å². The minimum atomic E-state index is 0.00535. The number of methoxy groups -OCH3 is 1. The molecular weight excluding hydrogens is 286 g/mol. The summed E-state index contributed by atoms with van der Waals surface area (Å²) < 4.78 is 5.11. The van der Waals surface area contributed by atoms with Crippen LogP contribution >= 0.6 is 11.6 Å². The number of carbonyl (C=O) groups is 1. The van der Waals surface area contributed by atoms with Crippen LogP contribution in [0.15, 0.2) is 48.5 Å². The summed E-state index contributed by atoms with van der Waals surface area (Å²) in [5.41, 5.74) is 2.09. The molecule has 0 atom stereocenters. The van der Waals surface area contributed by atoms with Gasteiger partial charge in [0.05, 0.1) is 13.5 Å². The molecule has 0 heterocycles. The van der Waals surface area contributed by atoms with Gasteiger partial charge in [-0.3, -0.25) is 4.79 Å². The predicted molar refractivity (Wildman–Crippen MR) is 84.9 cm³/mol. The zero-order chi connectivity index (χ0) is 15.1. The van der Waals surface area contributed by atoms with E-state index in [-0.39, 0.29) is 5.91 Å². The Morgan fingerprint density at radius 3 is 2.57 bits per heavy atom. The maximum atomic E-state index is 11.8. The number of hydrogen-bond donors (Lipinski definition) is 1.